The molecule has 1 rings (SSSR count). The summed E-state index contributed by atoms with van der Waals surface area (Å²) in [6.07, 6.45) is -4.62. The number of carbonyl (C=O) groups excluding carboxylic acids is 1. The van der Waals surface area contributed by atoms with Crippen molar-refractivity contribution in [1.29, 1.82) is 0 Å². The number of aryl methyl sites for hydroxylation is 2. The first-order chi connectivity index (χ1) is 7.77. The first-order valence-electron chi connectivity index (χ1n) is 4.87. The molecule has 7 heteroatoms. The topological polar surface area (TPSA) is 52.1 Å². The molecule has 0 saturated heterocycles. The quantitative estimate of drug-likeness (QED) is 0.753. The van der Waals surface area contributed by atoms with Gasteiger partial charge in [-0.2, -0.15) is 13.2 Å². The smallest absolute Gasteiger partial charge is 0.451 e. The Morgan fingerprint density at radius 3 is 2.06 bits per heavy atom. The summed E-state index contributed by atoms with van der Waals surface area (Å²) in [6, 6.07) is 0. The van der Waals surface area contributed by atoms with Crippen molar-refractivity contribution in [2.75, 3.05) is 6.61 Å². The molecular weight excluding hydrogens is 237 g/mol. The van der Waals surface area contributed by atoms with E-state index in [1.54, 1.807) is 6.92 Å². The molecule has 1 aromatic rings. The molecule has 0 radical (unpaired) electrons. The molecule has 0 N–H and O–H groups in total. The van der Waals surface area contributed by atoms with Gasteiger partial charge in [-0.1, -0.05) is 0 Å². The van der Waals surface area contributed by atoms with E-state index in [1.165, 1.54) is 13.8 Å². The third-order valence-electron chi connectivity index (χ3n) is 2.00. The summed E-state index contributed by atoms with van der Waals surface area (Å²) in [4.78, 5) is 18.0. The number of hydrogen-bond acceptors (Lipinski definition) is 4. The fraction of sp³-hybridized carbons (Fsp3) is 0.500. The molecule has 1 aromatic heterocycles. The van der Waals surface area contributed by atoms with Crippen molar-refractivity contribution in [2.24, 2.45) is 0 Å². The van der Waals surface area contributed by atoms with Crippen LogP contribution in [-0.4, -0.2) is 22.5 Å². The van der Waals surface area contributed by atoms with E-state index in [0.29, 0.717) is 0 Å². The molecule has 0 spiro atoms. The molecule has 0 amide bonds. The van der Waals surface area contributed by atoms with Crippen LogP contribution in [0.3, 0.4) is 0 Å². The van der Waals surface area contributed by atoms with Gasteiger partial charge in [-0.3, -0.25) is 0 Å². The first kappa shape index (κ1) is 13.4. The van der Waals surface area contributed by atoms with Crippen molar-refractivity contribution in [3.8, 4) is 0 Å². The monoisotopic (exact) mass is 248 g/mol. The van der Waals surface area contributed by atoms with Crippen molar-refractivity contribution in [3.63, 3.8) is 0 Å². The van der Waals surface area contributed by atoms with E-state index in [1.807, 2.05) is 0 Å². The van der Waals surface area contributed by atoms with E-state index in [9.17, 15) is 18.0 Å². The number of ether oxygens (including phenoxy) is 1. The average Bonchev–Trinajstić information content (AvgIpc) is 2.15. The van der Waals surface area contributed by atoms with Gasteiger partial charge in [0, 0.05) is 0 Å². The van der Waals surface area contributed by atoms with Gasteiger partial charge in [0.05, 0.1) is 18.0 Å². The molecule has 0 aliphatic heterocycles. The van der Waals surface area contributed by atoms with E-state index in [2.05, 4.69) is 9.97 Å². The van der Waals surface area contributed by atoms with Gasteiger partial charge >= 0.3 is 12.1 Å². The van der Waals surface area contributed by atoms with E-state index in [0.717, 1.165) is 0 Å². The van der Waals surface area contributed by atoms with E-state index < -0.39 is 18.0 Å². The number of nitrogens with zero attached hydrogens (tertiary/aromatic N) is 2. The van der Waals surface area contributed by atoms with Crippen molar-refractivity contribution in [3.05, 3.63) is 22.8 Å². The second-order valence-electron chi connectivity index (χ2n) is 3.31. The van der Waals surface area contributed by atoms with Crippen LogP contribution in [0, 0.1) is 13.8 Å². The van der Waals surface area contributed by atoms with Gasteiger partial charge in [0.1, 0.15) is 5.56 Å². The number of alkyl halides is 3. The zero-order valence-corrected chi connectivity index (χ0v) is 9.55. The summed E-state index contributed by atoms with van der Waals surface area (Å²) >= 11 is 0. The Morgan fingerprint density at radius 2 is 1.71 bits per heavy atom. The number of halogens is 3. The Kier molecular flexibility index (Phi) is 3.69. The second kappa shape index (κ2) is 4.68. The van der Waals surface area contributed by atoms with Crippen LogP contribution in [0.2, 0.25) is 0 Å². The molecule has 0 aliphatic rings. The largest absolute Gasteiger partial charge is 0.462 e. The van der Waals surface area contributed by atoms with Crippen LogP contribution in [0.4, 0.5) is 13.2 Å². The minimum absolute atomic E-state index is 0.0140. The molecule has 4 nitrogen and oxygen atoms in total. The number of carbonyl (C=O) groups is 1. The van der Waals surface area contributed by atoms with Gasteiger partial charge in [0.2, 0.25) is 5.82 Å². The molecule has 0 unspecified atom stereocenters. The van der Waals surface area contributed by atoms with E-state index in [4.69, 9.17) is 4.74 Å². The van der Waals surface area contributed by atoms with Gasteiger partial charge in [0.25, 0.3) is 0 Å². The number of esters is 1. The number of aromatic nitrogens is 2. The molecule has 17 heavy (non-hydrogen) atoms. The molecule has 1 heterocycles. The minimum atomic E-state index is -4.62. The molecule has 0 aliphatic carbocycles. The summed E-state index contributed by atoms with van der Waals surface area (Å²) in [7, 11) is 0. The average molecular weight is 248 g/mol. The maximum atomic E-state index is 12.4. The minimum Gasteiger partial charge on any atom is -0.462 e. The maximum absolute atomic E-state index is 12.4. The molecule has 0 fully saturated rings. The SMILES string of the molecule is CCOC(=O)c1c(C)nc(C(F)(F)F)nc1C. The van der Waals surface area contributed by atoms with Crippen LogP contribution in [-0.2, 0) is 10.9 Å². The van der Waals surface area contributed by atoms with Crippen LogP contribution in [0.1, 0.15) is 34.5 Å². The molecule has 0 saturated carbocycles. The summed E-state index contributed by atoms with van der Waals surface area (Å²) in [5.41, 5.74) is -0.0913. The molecule has 0 atom stereocenters. The summed E-state index contributed by atoms with van der Waals surface area (Å²) in [5, 5.41) is 0. The van der Waals surface area contributed by atoms with Crippen LogP contribution in [0.15, 0.2) is 0 Å². The third kappa shape index (κ3) is 2.92. The highest BCUT2D eigenvalue weighted by atomic mass is 19.4. The second-order valence-corrected chi connectivity index (χ2v) is 3.31. The lowest BCUT2D eigenvalue weighted by molar-refractivity contribution is -0.145. The fourth-order valence-electron chi connectivity index (χ4n) is 1.34. The van der Waals surface area contributed by atoms with Crippen LogP contribution < -0.4 is 0 Å². The lowest BCUT2D eigenvalue weighted by Crippen LogP contribution is -2.18. The van der Waals surface area contributed by atoms with Crippen molar-refractivity contribution < 1.29 is 22.7 Å². The van der Waals surface area contributed by atoms with Gasteiger partial charge in [-0.15, -0.1) is 0 Å². The molecule has 0 aromatic carbocycles. The van der Waals surface area contributed by atoms with Crippen LogP contribution in [0.25, 0.3) is 0 Å². The standard InChI is InChI=1S/C10H11F3N2O2/c1-4-17-8(16)7-5(2)14-9(10(11,12)13)15-6(7)3/h4H2,1-3H3. The summed E-state index contributed by atoms with van der Waals surface area (Å²) < 4.78 is 41.9. The molecule has 94 valence electrons. The van der Waals surface area contributed by atoms with Crippen LogP contribution >= 0.6 is 0 Å². The zero-order valence-electron chi connectivity index (χ0n) is 9.55. The Labute approximate surface area is 95.8 Å². The lowest BCUT2D eigenvalue weighted by atomic mass is 10.1. The van der Waals surface area contributed by atoms with Gasteiger partial charge in [-0.25, -0.2) is 14.8 Å². The summed E-state index contributed by atoms with van der Waals surface area (Å²) in [5.74, 6) is -1.96. The number of hydrogen-bond donors (Lipinski definition) is 0. The third-order valence-corrected chi connectivity index (χ3v) is 2.00. The Bertz CT molecular complexity index is 421. The highest BCUT2D eigenvalue weighted by Crippen LogP contribution is 2.27. The van der Waals surface area contributed by atoms with E-state index >= 15 is 0 Å². The molecular formula is C10H11F3N2O2. The van der Waals surface area contributed by atoms with Gasteiger partial charge in [-0.05, 0) is 20.8 Å². The highest BCUT2D eigenvalue weighted by Gasteiger charge is 2.36. The maximum Gasteiger partial charge on any atom is 0.451 e. The lowest BCUT2D eigenvalue weighted by Gasteiger charge is -2.11. The number of rotatable bonds is 2. The predicted octanol–water partition coefficient (Wildman–Crippen LogP) is 2.29. The van der Waals surface area contributed by atoms with Crippen molar-refractivity contribution in [2.45, 2.75) is 26.9 Å². The van der Waals surface area contributed by atoms with Gasteiger partial charge < -0.3 is 4.74 Å². The van der Waals surface area contributed by atoms with Gasteiger partial charge in [0.15, 0.2) is 0 Å². The Hall–Kier alpha value is -1.66. The Morgan fingerprint density at radius 1 is 1.24 bits per heavy atom. The zero-order chi connectivity index (χ0) is 13.2. The van der Waals surface area contributed by atoms with Crippen molar-refractivity contribution >= 4 is 5.97 Å². The predicted molar refractivity (Wildman–Crippen MR) is 52.5 cm³/mol. The highest BCUT2D eigenvalue weighted by molar-refractivity contribution is 5.91. The van der Waals surface area contributed by atoms with E-state index in [-0.39, 0.29) is 23.6 Å². The first-order valence-corrected chi connectivity index (χ1v) is 4.87. The van der Waals surface area contributed by atoms with Crippen molar-refractivity contribution in [1.82, 2.24) is 9.97 Å². The fourth-order valence-corrected chi connectivity index (χ4v) is 1.34. The Balaban J connectivity index is 3.25. The normalized spacial score (nSPS) is 11.4. The van der Waals surface area contributed by atoms with Crippen LogP contribution in [0.5, 0.6) is 0 Å². The summed E-state index contributed by atoms with van der Waals surface area (Å²) in [6.45, 7) is 4.37. The molecule has 0 bridgehead atoms.